The van der Waals surface area contributed by atoms with Crippen molar-refractivity contribution in [2.24, 2.45) is 0 Å². The predicted molar refractivity (Wildman–Crippen MR) is 108 cm³/mol. The number of nitrogens with one attached hydrogen (secondary N) is 1. The molecule has 1 aliphatic rings. The monoisotopic (exact) mass is 436 g/mol. The van der Waals surface area contributed by atoms with Gasteiger partial charge >= 0.3 is 0 Å². The van der Waals surface area contributed by atoms with Crippen molar-refractivity contribution in [3.05, 3.63) is 44.6 Å². The first-order valence-electron chi connectivity index (χ1n) is 8.54. The number of morpholine rings is 1. The van der Waals surface area contributed by atoms with Crippen LogP contribution in [-0.4, -0.2) is 38.0 Å². The Morgan fingerprint density at radius 3 is 2.65 bits per heavy atom. The molecule has 0 aliphatic carbocycles. The maximum atomic E-state index is 12.4. The van der Waals surface area contributed by atoms with Crippen molar-refractivity contribution in [3.8, 4) is 0 Å². The number of ketones is 1. The molecule has 1 N–H and O–H groups in total. The third-order valence-corrected chi connectivity index (χ3v) is 5.71. The quantitative estimate of drug-likeness (QED) is 0.687. The largest absolute Gasteiger partial charge is 0.378 e. The molecule has 1 aromatic heterocycles. The summed E-state index contributed by atoms with van der Waals surface area (Å²) in [5.41, 5.74) is 1.73. The first kappa shape index (κ1) is 19.1. The van der Waals surface area contributed by atoms with E-state index in [2.05, 4.69) is 26.1 Å². The van der Waals surface area contributed by atoms with Gasteiger partial charge in [0.25, 0.3) is 0 Å². The summed E-state index contributed by atoms with van der Waals surface area (Å²) in [5, 5.41) is 2.96. The van der Waals surface area contributed by atoms with E-state index in [4.69, 9.17) is 4.74 Å². The summed E-state index contributed by atoms with van der Waals surface area (Å²) in [6.07, 6.45) is 0.386. The van der Waals surface area contributed by atoms with E-state index in [1.165, 1.54) is 11.3 Å². The number of ether oxygens (including phenoxy) is 1. The molecule has 26 heavy (non-hydrogen) atoms. The summed E-state index contributed by atoms with van der Waals surface area (Å²) in [6, 6.07) is 9.60. The molecule has 0 saturated carbocycles. The minimum absolute atomic E-state index is 0.0147. The van der Waals surface area contributed by atoms with Crippen LogP contribution in [0.1, 0.15) is 27.4 Å². The molecule has 1 aliphatic heterocycles. The second kappa shape index (κ2) is 8.79. The van der Waals surface area contributed by atoms with Crippen molar-refractivity contribution in [1.29, 1.82) is 0 Å². The molecule has 0 bridgehead atoms. The highest BCUT2D eigenvalue weighted by atomic mass is 79.9. The van der Waals surface area contributed by atoms with E-state index in [1.807, 2.05) is 37.3 Å². The fraction of sp³-hybridized carbons (Fsp3) is 0.368. The van der Waals surface area contributed by atoms with Crippen molar-refractivity contribution >= 4 is 50.3 Å². The first-order chi connectivity index (χ1) is 12.5. The van der Waals surface area contributed by atoms with Crippen LogP contribution in [0.25, 0.3) is 0 Å². The molecule has 1 fully saturated rings. The van der Waals surface area contributed by atoms with E-state index in [-0.39, 0.29) is 24.5 Å². The number of carbonyl (C=O) groups excluding carboxylic acids is 2. The van der Waals surface area contributed by atoms with E-state index in [0.717, 1.165) is 33.8 Å². The zero-order valence-electron chi connectivity index (χ0n) is 14.6. The molecule has 5 nitrogen and oxygen atoms in total. The number of benzene rings is 1. The SMILES string of the molecule is Cc1ccc(C(=O)CCC(=O)Nc2cc(Br)ccc2N2CCOCC2)s1. The summed E-state index contributed by atoms with van der Waals surface area (Å²) in [5.74, 6) is -0.139. The maximum Gasteiger partial charge on any atom is 0.224 e. The Balaban J connectivity index is 1.63. The maximum absolute atomic E-state index is 12.4. The number of nitrogens with zero attached hydrogens (tertiary/aromatic N) is 1. The molecule has 1 amide bonds. The highest BCUT2D eigenvalue weighted by molar-refractivity contribution is 9.10. The molecule has 0 radical (unpaired) electrons. The third kappa shape index (κ3) is 4.93. The van der Waals surface area contributed by atoms with Gasteiger partial charge in [-0.2, -0.15) is 0 Å². The Morgan fingerprint density at radius 1 is 1.19 bits per heavy atom. The number of rotatable bonds is 6. The van der Waals surface area contributed by atoms with Gasteiger partial charge in [-0.1, -0.05) is 15.9 Å². The van der Waals surface area contributed by atoms with Crippen LogP contribution in [0.4, 0.5) is 11.4 Å². The topological polar surface area (TPSA) is 58.6 Å². The number of anilines is 2. The number of thiophene rings is 1. The Morgan fingerprint density at radius 2 is 1.96 bits per heavy atom. The van der Waals surface area contributed by atoms with Gasteiger partial charge in [0, 0.05) is 35.3 Å². The number of Topliss-reactive ketones (excluding diaryl/α,β-unsaturated/α-hetero) is 1. The molecule has 138 valence electrons. The van der Waals surface area contributed by atoms with Crippen LogP contribution >= 0.6 is 27.3 Å². The number of halogens is 1. The molecule has 7 heteroatoms. The van der Waals surface area contributed by atoms with Crippen LogP contribution in [0.2, 0.25) is 0 Å². The van der Waals surface area contributed by atoms with Gasteiger partial charge in [0.2, 0.25) is 5.91 Å². The molecule has 2 heterocycles. The summed E-state index contributed by atoms with van der Waals surface area (Å²) >= 11 is 4.93. The number of carbonyl (C=O) groups is 2. The molecule has 0 spiro atoms. The number of hydrogen-bond acceptors (Lipinski definition) is 5. The Bertz CT molecular complexity index is 800. The van der Waals surface area contributed by atoms with E-state index in [1.54, 1.807) is 0 Å². The van der Waals surface area contributed by atoms with Gasteiger partial charge in [-0.3, -0.25) is 9.59 Å². The van der Waals surface area contributed by atoms with Crippen LogP contribution in [0.3, 0.4) is 0 Å². The zero-order chi connectivity index (χ0) is 18.5. The van der Waals surface area contributed by atoms with Gasteiger partial charge < -0.3 is 15.0 Å². The van der Waals surface area contributed by atoms with Crippen LogP contribution in [0.15, 0.2) is 34.8 Å². The molecular weight excluding hydrogens is 416 g/mol. The second-order valence-electron chi connectivity index (χ2n) is 6.14. The summed E-state index contributed by atoms with van der Waals surface area (Å²) in [4.78, 5) is 28.6. The van der Waals surface area contributed by atoms with Crippen molar-refractivity contribution in [1.82, 2.24) is 0 Å². The standard InChI is InChI=1S/C19H21BrN2O3S/c1-13-2-6-18(26-13)17(23)5-7-19(24)21-15-12-14(20)3-4-16(15)22-8-10-25-11-9-22/h2-4,6,12H,5,7-11H2,1H3,(H,21,24). The molecule has 0 atom stereocenters. The smallest absolute Gasteiger partial charge is 0.224 e. The number of amides is 1. The van der Waals surface area contributed by atoms with Crippen LogP contribution in [0.5, 0.6) is 0 Å². The zero-order valence-corrected chi connectivity index (χ0v) is 17.0. The van der Waals surface area contributed by atoms with Crippen molar-refractivity contribution in [3.63, 3.8) is 0 Å². The van der Waals surface area contributed by atoms with E-state index in [9.17, 15) is 9.59 Å². The second-order valence-corrected chi connectivity index (χ2v) is 8.35. The lowest BCUT2D eigenvalue weighted by atomic mass is 10.1. The van der Waals surface area contributed by atoms with Crippen molar-refractivity contribution in [2.45, 2.75) is 19.8 Å². The van der Waals surface area contributed by atoms with Gasteiger partial charge in [0.1, 0.15) is 0 Å². The van der Waals surface area contributed by atoms with Gasteiger partial charge in [-0.15, -0.1) is 11.3 Å². The third-order valence-electron chi connectivity index (χ3n) is 4.18. The van der Waals surface area contributed by atoms with Crippen molar-refractivity contribution < 1.29 is 14.3 Å². The van der Waals surface area contributed by atoms with Gasteiger partial charge in [0.05, 0.1) is 29.5 Å². The lowest BCUT2D eigenvalue weighted by Gasteiger charge is -2.30. The number of hydrogen-bond donors (Lipinski definition) is 1. The minimum atomic E-state index is -0.153. The lowest BCUT2D eigenvalue weighted by Crippen LogP contribution is -2.36. The molecule has 3 rings (SSSR count). The molecule has 0 unspecified atom stereocenters. The highest BCUT2D eigenvalue weighted by Crippen LogP contribution is 2.30. The summed E-state index contributed by atoms with van der Waals surface area (Å²) < 4.78 is 6.30. The molecular formula is C19H21BrN2O3S. The van der Waals surface area contributed by atoms with E-state index in [0.29, 0.717) is 18.1 Å². The van der Waals surface area contributed by atoms with Gasteiger partial charge in [0.15, 0.2) is 5.78 Å². The minimum Gasteiger partial charge on any atom is -0.378 e. The highest BCUT2D eigenvalue weighted by Gasteiger charge is 2.17. The summed E-state index contributed by atoms with van der Waals surface area (Å²) in [6.45, 7) is 4.91. The summed E-state index contributed by atoms with van der Waals surface area (Å²) in [7, 11) is 0. The fourth-order valence-corrected chi connectivity index (χ4v) is 4.03. The Labute approximate surface area is 165 Å². The van der Waals surface area contributed by atoms with Crippen molar-refractivity contribution in [2.75, 3.05) is 36.5 Å². The lowest BCUT2D eigenvalue weighted by molar-refractivity contribution is -0.116. The predicted octanol–water partition coefficient (Wildman–Crippen LogP) is 4.26. The average molecular weight is 437 g/mol. The average Bonchev–Trinajstić information content (AvgIpc) is 3.07. The number of aryl methyl sites for hydroxylation is 1. The van der Waals surface area contributed by atoms with Crippen LogP contribution in [-0.2, 0) is 9.53 Å². The molecule has 1 saturated heterocycles. The Hall–Kier alpha value is -1.70. The van der Waals surface area contributed by atoms with Crippen LogP contribution in [0, 0.1) is 6.92 Å². The fourth-order valence-electron chi connectivity index (χ4n) is 2.84. The Kier molecular flexibility index (Phi) is 6.45. The van der Waals surface area contributed by atoms with Gasteiger partial charge in [-0.05, 0) is 37.3 Å². The van der Waals surface area contributed by atoms with E-state index < -0.39 is 0 Å². The normalized spacial score (nSPS) is 14.3. The van der Waals surface area contributed by atoms with Gasteiger partial charge in [-0.25, -0.2) is 0 Å². The molecule has 2 aromatic rings. The molecule has 1 aromatic carbocycles. The first-order valence-corrected chi connectivity index (χ1v) is 10.2. The van der Waals surface area contributed by atoms with Crippen LogP contribution < -0.4 is 10.2 Å². The van der Waals surface area contributed by atoms with E-state index >= 15 is 0 Å².